The van der Waals surface area contributed by atoms with Crippen molar-refractivity contribution in [2.45, 2.75) is 0 Å². The fourth-order valence-corrected chi connectivity index (χ4v) is 2.48. The molecule has 3 N–H and O–H groups in total. The highest BCUT2D eigenvalue weighted by molar-refractivity contribution is 6.42. The predicted molar refractivity (Wildman–Crippen MR) is 97.0 cm³/mol. The molecule has 2 aromatic carbocycles. The zero-order valence-electron chi connectivity index (χ0n) is 13.7. The van der Waals surface area contributed by atoms with E-state index in [0.717, 1.165) is 0 Å². The number of ether oxygens (including phenoxy) is 2. The van der Waals surface area contributed by atoms with E-state index in [2.05, 4.69) is 16.2 Å². The molecule has 0 fully saturated rings. The summed E-state index contributed by atoms with van der Waals surface area (Å²) in [7, 11) is 0. The lowest BCUT2D eigenvalue weighted by atomic mass is 10.2. The second-order valence-corrected chi connectivity index (χ2v) is 6.20. The van der Waals surface area contributed by atoms with Gasteiger partial charge in [-0.25, -0.2) is 0 Å². The van der Waals surface area contributed by atoms with Crippen LogP contribution in [0.1, 0.15) is 20.7 Å². The molecule has 0 spiro atoms. The molecule has 0 atom stereocenters. The van der Waals surface area contributed by atoms with E-state index in [1.54, 1.807) is 6.07 Å². The van der Waals surface area contributed by atoms with Gasteiger partial charge in [0.2, 0.25) is 6.79 Å². The van der Waals surface area contributed by atoms with Gasteiger partial charge in [0.15, 0.2) is 11.5 Å². The molecule has 0 saturated heterocycles. The van der Waals surface area contributed by atoms with Crippen LogP contribution in [0, 0.1) is 0 Å². The van der Waals surface area contributed by atoms with Crippen LogP contribution in [0.25, 0.3) is 0 Å². The van der Waals surface area contributed by atoms with E-state index >= 15 is 0 Å². The highest BCUT2D eigenvalue weighted by Crippen LogP contribution is 2.32. The zero-order valence-corrected chi connectivity index (χ0v) is 15.2. The van der Waals surface area contributed by atoms with Gasteiger partial charge in [0.1, 0.15) is 0 Å². The Morgan fingerprint density at radius 2 is 1.56 bits per heavy atom. The number of nitrogens with one attached hydrogen (secondary N) is 3. The molecule has 27 heavy (non-hydrogen) atoms. The molecule has 0 aromatic heterocycles. The third-order valence-electron chi connectivity index (χ3n) is 3.54. The summed E-state index contributed by atoms with van der Waals surface area (Å²) in [5.74, 6) is -0.677. The lowest BCUT2D eigenvalue weighted by Gasteiger charge is -2.09. The molecular formula is C17H13Cl2N3O5. The second kappa shape index (κ2) is 8.15. The van der Waals surface area contributed by atoms with E-state index in [9.17, 15) is 14.4 Å². The summed E-state index contributed by atoms with van der Waals surface area (Å²) in [6.45, 7) is -0.254. The van der Waals surface area contributed by atoms with Gasteiger partial charge in [-0.05, 0) is 36.4 Å². The van der Waals surface area contributed by atoms with Crippen LogP contribution >= 0.6 is 23.2 Å². The van der Waals surface area contributed by atoms with Crippen LogP contribution in [0.4, 0.5) is 0 Å². The number of hydrogen-bond acceptors (Lipinski definition) is 5. The highest BCUT2D eigenvalue weighted by atomic mass is 35.5. The summed E-state index contributed by atoms with van der Waals surface area (Å²) < 4.78 is 10.3. The SMILES string of the molecule is O=C(CNC(=O)c1ccc(Cl)c(Cl)c1)NNC(=O)c1ccc2c(c1)OCO2. The number of hydrazine groups is 1. The first kappa shape index (κ1) is 18.8. The van der Waals surface area contributed by atoms with Crippen LogP contribution in [0.3, 0.4) is 0 Å². The van der Waals surface area contributed by atoms with Crippen molar-refractivity contribution in [3.8, 4) is 11.5 Å². The molecule has 3 amide bonds. The van der Waals surface area contributed by atoms with Gasteiger partial charge < -0.3 is 14.8 Å². The Balaban J connectivity index is 1.47. The van der Waals surface area contributed by atoms with Gasteiger partial charge in [-0.15, -0.1) is 0 Å². The van der Waals surface area contributed by atoms with Gasteiger partial charge in [-0.2, -0.15) is 0 Å². The first-order valence-corrected chi connectivity index (χ1v) is 8.42. The van der Waals surface area contributed by atoms with Crippen LogP contribution in [0.15, 0.2) is 36.4 Å². The number of benzene rings is 2. The minimum atomic E-state index is -0.613. The van der Waals surface area contributed by atoms with Crippen molar-refractivity contribution in [1.29, 1.82) is 0 Å². The molecule has 0 bridgehead atoms. The molecule has 8 nitrogen and oxygen atoms in total. The summed E-state index contributed by atoms with van der Waals surface area (Å²) in [4.78, 5) is 35.8. The normalized spacial score (nSPS) is 11.6. The molecule has 0 aliphatic carbocycles. The third kappa shape index (κ3) is 4.60. The quantitative estimate of drug-likeness (QED) is 0.668. The van der Waals surface area contributed by atoms with Gasteiger partial charge in [-0.3, -0.25) is 25.2 Å². The van der Waals surface area contributed by atoms with E-state index < -0.39 is 17.7 Å². The van der Waals surface area contributed by atoms with Crippen molar-refractivity contribution in [2.75, 3.05) is 13.3 Å². The summed E-state index contributed by atoms with van der Waals surface area (Å²) in [5.41, 5.74) is 4.98. The number of hydrogen-bond donors (Lipinski definition) is 3. The fourth-order valence-electron chi connectivity index (χ4n) is 2.18. The monoisotopic (exact) mass is 409 g/mol. The fraction of sp³-hybridized carbons (Fsp3) is 0.118. The number of amides is 3. The Bertz CT molecular complexity index is 919. The number of fused-ring (bicyclic) bond motifs is 1. The van der Waals surface area contributed by atoms with Crippen molar-refractivity contribution < 1.29 is 23.9 Å². The van der Waals surface area contributed by atoms with Gasteiger partial charge in [-0.1, -0.05) is 23.2 Å². The van der Waals surface area contributed by atoms with Crippen LogP contribution in [0.5, 0.6) is 11.5 Å². The largest absolute Gasteiger partial charge is 0.454 e. The van der Waals surface area contributed by atoms with E-state index in [1.165, 1.54) is 30.3 Å². The second-order valence-electron chi connectivity index (χ2n) is 5.38. The average Bonchev–Trinajstić information content (AvgIpc) is 3.14. The first-order chi connectivity index (χ1) is 12.9. The molecule has 0 saturated carbocycles. The minimum Gasteiger partial charge on any atom is -0.454 e. The van der Waals surface area contributed by atoms with Crippen LogP contribution in [-0.2, 0) is 4.79 Å². The Morgan fingerprint density at radius 3 is 2.33 bits per heavy atom. The Labute approximate surface area is 163 Å². The topological polar surface area (TPSA) is 106 Å². The van der Waals surface area contributed by atoms with Crippen molar-refractivity contribution >= 4 is 40.9 Å². The number of halogens is 2. The van der Waals surface area contributed by atoms with Crippen LogP contribution < -0.4 is 25.6 Å². The van der Waals surface area contributed by atoms with Crippen LogP contribution in [-0.4, -0.2) is 31.1 Å². The van der Waals surface area contributed by atoms with E-state index in [4.69, 9.17) is 32.7 Å². The van der Waals surface area contributed by atoms with Gasteiger partial charge in [0.25, 0.3) is 17.7 Å². The molecule has 2 aromatic rings. The first-order valence-electron chi connectivity index (χ1n) is 7.66. The summed E-state index contributed by atoms with van der Waals surface area (Å²) in [5, 5.41) is 2.95. The van der Waals surface area contributed by atoms with Crippen LogP contribution in [0.2, 0.25) is 10.0 Å². The number of carbonyl (C=O) groups is 3. The predicted octanol–water partition coefficient (Wildman–Crippen LogP) is 1.91. The third-order valence-corrected chi connectivity index (χ3v) is 4.28. The maximum Gasteiger partial charge on any atom is 0.269 e. The molecule has 1 aliphatic heterocycles. The van der Waals surface area contributed by atoms with Crippen molar-refractivity contribution in [1.82, 2.24) is 16.2 Å². The van der Waals surface area contributed by atoms with Crippen molar-refractivity contribution in [3.63, 3.8) is 0 Å². The minimum absolute atomic E-state index is 0.0929. The molecule has 140 valence electrons. The maximum absolute atomic E-state index is 12.0. The lowest BCUT2D eigenvalue weighted by molar-refractivity contribution is -0.120. The molecular weight excluding hydrogens is 397 g/mol. The molecule has 3 rings (SSSR count). The van der Waals surface area contributed by atoms with Crippen molar-refractivity contribution in [2.24, 2.45) is 0 Å². The number of carbonyl (C=O) groups excluding carboxylic acids is 3. The molecule has 0 radical (unpaired) electrons. The highest BCUT2D eigenvalue weighted by Gasteiger charge is 2.16. The van der Waals surface area contributed by atoms with E-state index in [0.29, 0.717) is 16.5 Å². The standard InChI is InChI=1S/C17H13Cl2N3O5/c18-11-3-1-9(5-12(11)19)16(24)20-7-15(23)21-22-17(25)10-2-4-13-14(6-10)27-8-26-13/h1-6H,7-8H2,(H,20,24)(H,21,23)(H,22,25). The number of rotatable bonds is 4. The molecule has 0 unspecified atom stereocenters. The molecule has 1 heterocycles. The molecule has 1 aliphatic rings. The Hall–Kier alpha value is -2.97. The van der Waals surface area contributed by atoms with Gasteiger partial charge >= 0.3 is 0 Å². The van der Waals surface area contributed by atoms with E-state index in [-0.39, 0.29) is 29.5 Å². The van der Waals surface area contributed by atoms with E-state index in [1.807, 2.05) is 0 Å². The Kier molecular flexibility index (Phi) is 5.68. The summed E-state index contributed by atoms with van der Waals surface area (Å²) in [6, 6.07) is 8.96. The average molecular weight is 410 g/mol. The smallest absolute Gasteiger partial charge is 0.269 e. The van der Waals surface area contributed by atoms with Crippen molar-refractivity contribution in [3.05, 3.63) is 57.6 Å². The summed E-state index contributed by atoms with van der Waals surface area (Å²) in [6.07, 6.45) is 0. The summed E-state index contributed by atoms with van der Waals surface area (Å²) >= 11 is 11.6. The lowest BCUT2D eigenvalue weighted by Crippen LogP contribution is -2.46. The molecule has 10 heteroatoms. The van der Waals surface area contributed by atoms with Gasteiger partial charge in [0.05, 0.1) is 16.6 Å². The zero-order chi connectivity index (χ0) is 19.4. The van der Waals surface area contributed by atoms with Gasteiger partial charge in [0, 0.05) is 11.1 Å². The Morgan fingerprint density at radius 1 is 0.852 bits per heavy atom. The maximum atomic E-state index is 12.0.